The fourth-order valence-electron chi connectivity index (χ4n) is 4.08. The van der Waals surface area contributed by atoms with E-state index in [2.05, 4.69) is 4.98 Å². The molecule has 8 heteroatoms. The number of carbonyl (C=O) groups excluding carboxylic acids is 2. The van der Waals surface area contributed by atoms with Crippen LogP contribution in [0.1, 0.15) is 28.6 Å². The maximum Gasteiger partial charge on any atom is 0.295 e. The van der Waals surface area contributed by atoms with Gasteiger partial charge < -0.3 is 19.3 Å². The molecule has 2 aromatic heterocycles. The topological polar surface area (TPSA) is 78.2 Å². The number of aromatic nitrogens is 2. The van der Waals surface area contributed by atoms with Crippen LogP contribution in [0.4, 0.5) is 4.39 Å². The number of aliphatic hydroxyl groups excluding tert-OH is 1. The van der Waals surface area contributed by atoms with Crippen molar-refractivity contribution in [3.05, 3.63) is 76.5 Å². The van der Waals surface area contributed by atoms with Gasteiger partial charge in [0.05, 0.1) is 17.3 Å². The maximum absolute atomic E-state index is 13.6. The molecule has 0 spiro atoms. The number of likely N-dealkylation sites (N-methyl/N-ethyl adjacent to an activating group) is 1. The monoisotopic (exact) mass is 436 g/mol. The van der Waals surface area contributed by atoms with E-state index < -0.39 is 23.5 Å². The van der Waals surface area contributed by atoms with Crippen LogP contribution in [0, 0.1) is 19.7 Å². The van der Waals surface area contributed by atoms with Gasteiger partial charge in [0, 0.05) is 19.3 Å². The molecule has 3 heterocycles. The third-order valence-electron chi connectivity index (χ3n) is 5.82. The summed E-state index contributed by atoms with van der Waals surface area (Å²) in [7, 11) is 3.73. The minimum absolute atomic E-state index is 0.0375. The number of fused-ring (bicyclic) bond motifs is 1. The number of Topliss-reactive ketones (excluding diaryl/α,β-unsaturated/α-hetero) is 1. The number of imidazole rings is 1. The van der Waals surface area contributed by atoms with Crippen molar-refractivity contribution in [2.45, 2.75) is 19.9 Å². The normalized spacial score (nSPS) is 18.3. The van der Waals surface area contributed by atoms with Crippen LogP contribution in [0.3, 0.4) is 0 Å². The highest BCUT2D eigenvalue weighted by Crippen LogP contribution is 2.39. The maximum atomic E-state index is 13.6. The number of ketones is 1. The lowest BCUT2D eigenvalue weighted by molar-refractivity contribution is -0.140. The molecule has 1 aliphatic rings. The zero-order valence-corrected chi connectivity index (χ0v) is 18.5. The van der Waals surface area contributed by atoms with Crippen LogP contribution in [-0.4, -0.2) is 63.2 Å². The van der Waals surface area contributed by atoms with Gasteiger partial charge in [0.25, 0.3) is 11.7 Å². The van der Waals surface area contributed by atoms with Crippen molar-refractivity contribution in [2.75, 3.05) is 27.2 Å². The minimum atomic E-state index is -0.833. The summed E-state index contributed by atoms with van der Waals surface area (Å²) in [5.41, 5.74) is 2.98. The molecule has 1 aliphatic heterocycles. The van der Waals surface area contributed by atoms with Gasteiger partial charge in [-0.3, -0.25) is 9.59 Å². The van der Waals surface area contributed by atoms with Crippen LogP contribution in [0.5, 0.6) is 0 Å². The van der Waals surface area contributed by atoms with Crippen molar-refractivity contribution < 1.29 is 19.1 Å². The van der Waals surface area contributed by atoms with E-state index in [-0.39, 0.29) is 23.6 Å². The van der Waals surface area contributed by atoms with Crippen LogP contribution in [0.2, 0.25) is 0 Å². The first kappa shape index (κ1) is 21.7. The second kappa shape index (κ2) is 8.20. The van der Waals surface area contributed by atoms with Gasteiger partial charge in [0.15, 0.2) is 5.76 Å². The zero-order valence-electron chi connectivity index (χ0n) is 18.5. The van der Waals surface area contributed by atoms with Crippen LogP contribution in [0.15, 0.2) is 48.2 Å². The Labute approximate surface area is 185 Å². The van der Waals surface area contributed by atoms with Crippen LogP contribution in [-0.2, 0) is 9.59 Å². The second-order valence-corrected chi connectivity index (χ2v) is 8.28. The van der Waals surface area contributed by atoms with E-state index >= 15 is 0 Å². The Morgan fingerprint density at radius 3 is 2.47 bits per heavy atom. The van der Waals surface area contributed by atoms with Crippen molar-refractivity contribution in [3.8, 4) is 0 Å². The van der Waals surface area contributed by atoms with Gasteiger partial charge in [-0.2, -0.15) is 0 Å². The molecule has 3 aromatic rings. The SMILES string of the molecule is Cc1cccn2c(C)c(C(O)=C3C(=O)C(=O)N(CCN(C)C)C3c3ccc(F)cc3)nc12. The van der Waals surface area contributed by atoms with Gasteiger partial charge >= 0.3 is 0 Å². The van der Waals surface area contributed by atoms with E-state index in [0.717, 1.165) is 5.56 Å². The van der Waals surface area contributed by atoms with Gasteiger partial charge in [0.1, 0.15) is 17.2 Å². The first-order valence-corrected chi connectivity index (χ1v) is 10.3. The molecule has 1 N–H and O–H groups in total. The van der Waals surface area contributed by atoms with E-state index in [1.165, 1.54) is 29.2 Å². The largest absolute Gasteiger partial charge is 0.505 e. The van der Waals surface area contributed by atoms with Gasteiger partial charge in [-0.05, 0) is 57.3 Å². The average molecular weight is 436 g/mol. The molecule has 0 aliphatic carbocycles. The number of halogens is 1. The number of carbonyl (C=O) groups is 2. The summed E-state index contributed by atoms with van der Waals surface area (Å²) in [5, 5.41) is 11.3. The molecular formula is C24H25FN4O3. The fourth-order valence-corrected chi connectivity index (χ4v) is 4.08. The molecule has 166 valence electrons. The van der Waals surface area contributed by atoms with Crippen molar-refractivity contribution in [1.29, 1.82) is 0 Å². The van der Waals surface area contributed by atoms with E-state index in [4.69, 9.17) is 0 Å². The number of rotatable bonds is 5. The predicted molar refractivity (Wildman–Crippen MR) is 119 cm³/mol. The Morgan fingerprint density at radius 1 is 1.16 bits per heavy atom. The number of hydrogen-bond donors (Lipinski definition) is 1. The van der Waals surface area contributed by atoms with Gasteiger partial charge in [-0.15, -0.1) is 0 Å². The Bertz CT molecular complexity index is 1240. The number of nitrogens with zero attached hydrogens (tertiary/aromatic N) is 4. The Balaban J connectivity index is 1.91. The number of aryl methyl sites for hydroxylation is 2. The summed E-state index contributed by atoms with van der Waals surface area (Å²) in [4.78, 5) is 33.9. The number of hydrogen-bond acceptors (Lipinski definition) is 5. The summed E-state index contributed by atoms with van der Waals surface area (Å²) in [6.07, 6.45) is 1.83. The molecule has 32 heavy (non-hydrogen) atoms. The van der Waals surface area contributed by atoms with E-state index in [9.17, 15) is 19.1 Å². The highest BCUT2D eigenvalue weighted by atomic mass is 19.1. The minimum Gasteiger partial charge on any atom is -0.505 e. The average Bonchev–Trinajstić information content (AvgIpc) is 3.22. The summed E-state index contributed by atoms with van der Waals surface area (Å²) in [6, 6.07) is 8.57. The number of aliphatic hydroxyl groups is 1. The number of amides is 1. The second-order valence-electron chi connectivity index (χ2n) is 8.28. The molecule has 7 nitrogen and oxygen atoms in total. The van der Waals surface area contributed by atoms with Gasteiger partial charge in [-0.1, -0.05) is 18.2 Å². The molecule has 1 amide bonds. The van der Waals surface area contributed by atoms with Crippen LogP contribution < -0.4 is 0 Å². The third kappa shape index (κ3) is 3.56. The molecule has 1 atom stereocenters. The molecule has 0 saturated carbocycles. The van der Waals surface area contributed by atoms with E-state index in [1.54, 1.807) is 6.92 Å². The molecule has 1 unspecified atom stereocenters. The fraction of sp³-hybridized carbons (Fsp3) is 0.292. The number of benzene rings is 1. The lowest BCUT2D eigenvalue weighted by Gasteiger charge is -2.26. The quantitative estimate of drug-likeness (QED) is 0.378. The standard InChI is InChI=1S/C24H25FN4O3/c1-14-6-5-11-28-15(2)19(26-23(14)28)21(30)18-20(16-7-9-17(25)10-8-16)29(13-12-27(3)4)24(32)22(18)31/h5-11,20,30H,12-13H2,1-4H3. The van der Waals surface area contributed by atoms with Gasteiger partial charge in [0.2, 0.25) is 0 Å². The lowest BCUT2D eigenvalue weighted by atomic mass is 9.96. The summed E-state index contributed by atoms with van der Waals surface area (Å²) >= 11 is 0. The van der Waals surface area contributed by atoms with Crippen molar-refractivity contribution >= 4 is 23.1 Å². The molecule has 1 aromatic carbocycles. The molecule has 0 radical (unpaired) electrons. The molecule has 1 fully saturated rings. The lowest BCUT2D eigenvalue weighted by Crippen LogP contribution is -2.35. The van der Waals surface area contributed by atoms with Crippen molar-refractivity contribution in [1.82, 2.24) is 19.2 Å². The summed E-state index contributed by atoms with van der Waals surface area (Å²) < 4.78 is 15.4. The number of pyridine rings is 1. The van der Waals surface area contributed by atoms with E-state index in [0.29, 0.717) is 23.4 Å². The first-order valence-electron chi connectivity index (χ1n) is 10.3. The smallest absolute Gasteiger partial charge is 0.295 e. The Morgan fingerprint density at radius 2 is 1.84 bits per heavy atom. The predicted octanol–water partition coefficient (Wildman–Crippen LogP) is 3.07. The Kier molecular flexibility index (Phi) is 5.56. The third-order valence-corrected chi connectivity index (χ3v) is 5.82. The molecule has 0 bridgehead atoms. The number of likely N-dealkylation sites (tertiary alicyclic amines) is 1. The highest BCUT2D eigenvalue weighted by molar-refractivity contribution is 6.46. The first-order chi connectivity index (χ1) is 15.2. The van der Waals surface area contributed by atoms with Crippen LogP contribution in [0.25, 0.3) is 11.4 Å². The van der Waals surface area contributed by atoms with Crippen LogP contribution >= 0.6 is 0 Å². The zero-order chi connectivity index (χ0) is 23.2. The van der Waals surface area contributed by atoms with Crippen molar-refractivity contribution in [2.24, 2.45) is 0 Å². The van der Waals surface area contributed by atoms with Gasteiger partial charge in [-0.25, -0.2) is 9.37 Å². The van der Waals surface area contributed by atoms with Crippen molar-refractivity contribution in [3.63, 3.8) is 0 Å². The summed E-state index contributed by atoms with van der Waals surface area (Å²) in [6.45, 7) is 4.50. The highest BCUT2D eigenvalue weighted by Gasteiger charge is 2.46. The van der Waals surface area contributed by atoms with E-state index in [1.807, 2.05) is 48.6 Å². The molecular weight excluding hydrogens is 411 g/mol. The summed E-state index contributed by atoms with van der Waals surface area (Å²) in [5.74, 6) is -2.22. The molecule has 1 saturated heterocycles. The Hall–Kier alpha value is -3.52. The molecule has 4 rings (SSSR count).